The van der Waals surface area contributed by atoms with E-state index in [0.717, 1.165) is 50.3 Å². The maximum Gasteiger partial charge on any atom is 0.225 e. The fraction of sp³-hybridized carbons (Fsp3) is 0.571. The largest absolute Gasteiger partial charge is 0.342 e. The van der Waals surface area contributed by atoms with Crippen molar-refractivity contribution in [1.82, 2.24) is 19.4 Å². The van der Waals surface area contributed by atoms with Gasteiger partial charge in [0.2, 0.25) is 5.91 Å². The van der Waals surface area contributed by atoms with Crippen LogP contribution in [0.3, 0.4) is 0 Å². The second-order valence-electron chi connectivity index (χ2n) is 7.84. The van der Waals surface area contributed by atoms with Crippen LogP contribution in [0.25, 0.3) is 11.4 Å². The Labute approximate surface area is 155 Å². The monoisotopic (exact) mass is 352 g/mol. The third kappa shape index (κ3) is 3.53. The van der Waals surface area contributed by atoms with Gasteiger partial charge in [0.15, 0.2) is 0 Å². The fourth-order valence-corrected chi connectivity index (χ4v) is 4.53. The first-order valence-corrected chi connectivity index (χ1v) is 9.93. The Kier molecular flexibility index (Phi) is 5.05. The second kappa shape index (κ2) is 7.60. The maximum absolute atomic E-state index is 12.8. The molecule has 5 heteroatoms. The minimum atomic E-state index is 0.288. The zero-order valence-corrected chi connectivity index (χ0v) is 15.6. The summed E-state index contributed by atoms with van der Waals surface area (Å²) in [6.45, 7) is 4.87. The summed E-state index contributed by atoms with van der Waals surface area (Å²) in [5.41, 5.74) is 2.28. The molecule has 1 saturated carbocycles. The first-order valence-electron chi connectivity index (χ1n) is 9.93. The van der Waals surface area contributed by atoms with E-state index in [0.29, 0.717) is 11.8 Å². The molecule has 2 aliphatic rings. The molecule has 0 radical (unpaired) electrons. The number of hydrogen-bond donors (Lipinski definition) is 0. The highest BCUT2D eigenvalue weighted by Gasteiger charge is 2.31. The normalized spacial score (nSPS) is 21.3. The zero-order valence-electron chi connectivity index (χ0n) is 15.6. The van der Waals surface area contributed by atoms with E-state index < -0.39 is 0 Å². The van der Waals surface area contributed by atoms with Gasteiger partial charge < -0.3 is 9.47 Å². The number of nitrogens with zero attached hydrogens (tertiary/aromatic N) is 4. The number of carbonyl (C=O) groups excluding carboxylic acids is 1. The number of hydrogen-bond acceptors (Lipinski definition) is 3. The molecule has 1 aliphatic heterocycles. The second-order valence-corrected chi connectivity index (χ2v) is 7.84. The van der Waals surface area contributed by atoms with Crippen LogP contribution in [-0.2, 0) is 11.3 Å². The molecule has 2 aromatic heterocycles. The summed E-state index contributed by atoms with van der Waals surface area (Å²) in [5, 5.41) is 0. The van der Waals surface area contributed by atoms with E-state index in [1.54, 1.807) is 0 Å². The van der Waals surface area contributed by atoms with Crippen molar-refractivity contribution in [2.45, 2.75) is 52.0 Å². The molecule has 1 aliphatic carbocycles. The van der Waals surface area contributed by atoms with Gasteiger partial charge in [-0.3, -0.25) is 9.78 Å². The van der Waals surface area contributed by atoms with Gasteiger partial charge in [-0.1, -0.05) is 12.8 Å². The van der Waals surface area contributed by atoms with Crippen LogP contribution in [-0.4, -0.2) is 38.4 Å². The van der Waals surface area contributed by atoms with Crippen molar-refractivity contribution in [2.24, 2.45) is 11.8 Å². The van der Waals surface area contributed by atoms with Crippen molar-refractivity contribution < 1.29 is 4.79 Å². The third-order valence-electron chi connectivity index (χ3n) is 5.97. The van der Waals surface area contributed by atoms with Gasteiger partial charge in [0.1, 0.15) is 5.82 Å². The van der Waals surface area contributed by atoms with Crippen LogP contribution in [0.15, 0.2) is 30.7 Å². The van der Waals surface area contributed by atoms with Crippen molar-refractivity contribution in [3.63, 3.8) is 0 Å². The molecular weight excluding hydrogens is 324 g/mol. The summed E-state index contributed by atoms with van der Waals surface area (Å²) < 4.78 is 2.31. The molecule has 138 valence electrons. The molecule has 5 nitrogen and oxygen atoms in total. The van der Waals surface area contributed by atoms with Crippen molar-refractivity contribution in [3.05, 3.63) is 36.4 Å². The molecule has 4 rings (SSSR count). The smallest absolute Gasteiger partial charge is 0.225 e. The first-order chi connectivity index (χ1) is 12.7. The van der Waals surface area contributed by atoms with Gasteiger partial charge in [-0.15, -0.1) is 0 Å². The highest BCUT2D eigenvalue weighted by atomic mass is 16.2. The van der Waals surface area contributed by atoms with Crippen LogP contribution in [0.4, 0.5) is 0 Å². The van der Waals surface area contributed by atoms with E-state index in [2.05, 4.69) is 26.4 Å². The van der Waals surface area contributed by atoms with Crippen molar-refractivity contribution in [2.75, 3.05) is 13.1 Å². The van der Waals surface area contributed by atoms with Crippen LogP contribution in [0, 0.1) is 18.8 Å². The molecule has 1 atom stereocenters. The predicted molar refractivity (Wildman–Crippen MR) is 101 cm³/mol. The van der Waals surface area contributed by atoms with Gasteiger partial charge in [0.25, 0.3) is 0 Å². The molecule has 0 aromatic carbocycles. The zero-order chi connectivity index (χ0) is 17.9. The van der Waals surface area contributed by atoms with Crippen molar-refractivity contribution in [1.29, 1.82) is 0 Å². The van der Waals surface area contributed by atoms with E-state index in [9.17, 15) is 4.79 Å². The summed E-state index contributed by atoms with van der Waals surface area (Å²) in [4.78, 5) is 23.7. The standard InChI is InChI=1S/C21H28N4O/c1-16-13-23-20(18-8-10-22-11-9-18)25(16)15-17-5-4-12-24(14-17)21(26)19-6-2-3-7-19/h8-11,13,17,19H,2-7,12,14-15H2,1H3. The van der Waals surface area contributed by atoms with Gasteiger partial charge >= 0.3 is 0 Å². The van der Waals surface area contributed by atoms with Crippen LogP contribution < -0.4 is 0 Å². The average molecular weight is 352 g/mol. The molecule has 3 heterocycles. The molecular formula is C21H28N4O. The Hall–Kier alpha value is -2.17. The Balaban J connectivity index is 1.47. The lowest BCUT2D eigenvalue weighted by Gasteiger charge is -2.35. The lowest BCUT2D eigenvalue weighted by atomic mass is 9.95. The molecule has 1 unspecified atom stereocenters. The molecule has 0 N–H and O–H groups in total. The number of carbonyl (C=O) groups is 1. The highest BCUT2D eigenvalue weighted by molar-refractivity contribution is 5.79. The van der Waals surface area contributed by atoms with Crippen molar-refractivity contribution in [3.8, 4) is 11.4 Å². The SMILES string of the molecule is Cc1cnc(-c2ccncc2)n1CC1CCCN(C(=O)C2CCCC2)C1. The molecule has 1 amide bonds. The summed E-state index contributed by atoms with van der Waals surface area (Å²) in [5.74, 6) is 2.20. The lowest BCUT2D eigenvalue weighted by molar-refractivity contribution is -0.137. The number of aryl methyl sites for hydroxylation is 1. The summed E-state index contributed by atoms with van der Waals surface area (Å²) >= 11 is 0. The van der Waals surface area contributed by atoms with E-state index in [4.69, 9.17) is 0 Å². The molecule has 0 spiro atoms. The summed E-state index contributed by atoms with van der Waals surface area (Å²) in [7, 11) is 0. The van der Waals surface area contributed by atoms with E-state index in [1.807, 2.05) is 30.7 Å². The van der Waals surface area contributed by atoms with Crippen LogP contribution >= 0.6 is 0 Å². The molecule has 2 aromatic rings. The lowest BCUT2D eigenvalue weighted by Crippen LogP contribution is -2.43. The Morgan fingerprint density at radius 3 is 2.69 bits per heavy atom. The molecule has 1 saturated heterocycles. The maximum atomic E-state index is 12.8. The average Bonchev–Trinajstić information content (AvgIpc) is 3.33. The molecule has 26 heavy (non-hydrogen) atoms. The van der Waals surface area contributed by atoms with Crippen LogP contribution in [0.2, 0.25) is 0 Å². The molecule has 2 fully saturated rings. The Bertz CT molecular complexity index is 749. The number of amides is 1. The summed E-state index contributed by atoms with van der Waals surface area (Å²) in [6, 6.07) is 4.02. The topological polar surface area (TPSA) is 51.0 Å². The van der Waals surface area contributed by atoms with Gasteiger partial charge in [0, 0.05) is 55.4 Å². The Morgan fingerprint density at radius 1 is 1.15 bits per heavy atom. The van der Waals surface area contributed by atoms with E-state index in [-0.39, 0.29) is 5.92 Å². The number of imidazole rings is 1. The number of pyridine rings is 1. The van der Waals surface area contributed by atoms with Gasteiger partial charge in [-0.2, -0.15) is 0 Å². The van der Waals surface area contributed by atoms with Gasteiger partial charge in [-0.25, -0.2) is 4.98 Å². The summed E-state index contributed by atoms with van der Waals surface area (Å²) in [6.07, 6.45) is 12.5. The first kappa shape index (κ1) is 17.3. The number of aromatic nitrogens is 3. The number of likely N-dealkylation sites (tertiary alicyclic amines) is 1. The highest BCUT2D eigenvalue weighted by Crippen LogP contribution is 2.29. The predicted octanol–water partition coefficient (Wildman–Crippen LogP) is 3.68. The van der Waals surface area contributed by atoms with Crippen molar-refractivity contribution >= 4 is 5.91 Å². The number of rotatable bonds is 4. The van der Waals surface area contributed by atoms with Crippen LogP contribution in [0.5, 0.6) is 0 Å². The number of piperidine rings is 1. The van der Waals surface area contributed by atoms with Gasteiger partial charge in [0.05, 0.1) is 0 Å². The molecule has 0 bridgehead atoms. The van der Waals surface area contributed by atoms with Gasteiger partial charge in [-0.05, 0) is 50.7 Å². The van der Waals surface area contributed by atoms with E-state index >= 15 is 0 Å². The minimum Gasteiger partial charge on any atom is -0.342 e. The third-order valence-corrected chi connectivity index (χ3v) is 5.97. The minimum absolute atomic E-state index is 0.288. The fourth-order valence-electron chi connectivity index (χ4n) is 4.53. The quantitative estimate of drug-likeness (QED) is 0.843. The van der Waals surface area contributed by atoms with E-state index in [1.165, 1.54) is 25.0 Å². The van der Waals surface area contributed by atoms with Crippen LogP contribution in [0.1, 0.15) is 44.2 Å². The Morgan fingerprint density at radius 2 is 1.92 bits per heavy atom.